The number of nitrogens with two attached hydrogens (primary N) is 1. The van der Waals surface area contributed by atoms with E-state index in [1.165, 1.54) is 6.08 Å². The van der Waals surface area contributed by atoms with E-state index < -0.39 is 23.7 Å². The highest BCUT2D eigenvalue weighted by molar-refractivity contribution is 6.47. The van der Waals surface area contributed by atoms with Crippen LogP contribution in [0, 0.1) is 39.2 Å². The van der Waals surface area contributed by atoms with Crippen LogP contribution in [0.2, 0.25) is 0 Å². The Labute approximate surface area is 266 Å². The third kappa shape index (κ3) is 8.05. The molecule has 5 rings (SSSR count). The van der Waals surface area contributed by atoms with E-state index >= 15 is 0 Å². The van der Waals surface area contributed by atoms with Crippen molar-refractivity contribution in [3.63, 3.8) is 0 Å². The number of hydrogen-bond acceptors (Lipinski definition) is 8. The Morgan fingerprint density at radius 2 is 2.00 bits per heavy atom. The maximum Gasteiger partial charge on any atom is 0.481 e. The first-order valence-electron chi connectivity index (χ1n) is 15.9. The number of hydrazine groups is 1. The SMILES string of the molecule is COc1ccccc1/C=C/C(=O)C[C@@H](CCCN=C(N)N[N+](=O)[O-])C(=O)N[C@@H](CC(C)C)B1O[C@@H]2C[C@@H]3C[C@@H](C3(C)C)[C@]2(C)O1. The number of para-hydroxylation sites is 1. The van der Waals surface area contributed by atoms with Crippen LogP contribution in [0.15, 0.2) is 35.3 Å². The summed E-state index contributed by atoms with van der Waals surface area (Å²) in [5.74, 6) is 0.0483. The first-order chi connectivity index (χ1) is 21.2. The lowest BCUT2D eigenvalue weighted by Crippen LogP contribution is -2.65. The topological polar surface area (TPSA) is 167 Å². The number of ketones is 1. The molecule has 1 amide bonds. The number of carbonyl (C=O) groups excluding carboxylic acids is 2. The lowest BCUT2D eigenvalue weighted by Gasteiger charge is -2.64. The fraction of sp³-hybridized carbons (Fsp3) is 0.656. The van der Waals surface area contributed by atoms with Gasteiger partial charge in [-0.25, -0.2) is 15.1 Å². The maximum absolute atomic E-state index is 13.9. The van der Waals surface area contributed by atoms with E-state index in [4.69, 9.17) is 19.8 Å². The Morgan fingerprint density at radius 3 is 2.67 bits per heavy atom. The van der Waals surface area contributed by atoms with Gasteiger partial charge in [-0.05, 0) is 80.4 Å². The van der Waals surface area contributed by atoms with Gasteiger partial charge in [-0.2, -0.15) is 0 Å². The van der Waals surface area contributed by atoms with Gasteiger partial charge in [-0.15, -0.1) is 0 Å². The van der Waals surface area contributed by atoms with E-state index in [9.17, 15) is 19.7 Å². The number of nitrogens with zero attached hydrogens (tertiary/aromatic N) is 2. The Balaban J connectivity index is 1.47. The number of allylic oxidation sites excluding steroid dienone is 1. The minimum Gasteiger partial charge on any atom is -0.496 e. The predicted molar refractivity (Wildman–Crippen MR) is 172 cm³/mol. The molecule has 6 atom stereocenters. The number of nitrogens with one attached hydrogen (secondary N) is 2. The molecule has 12 nitrogen and oxygen atoms in total. The van der Waals surface area contributed by atoms with Crippen molar-refractivity contribution in [1.82, 2.24) is 10.7 Å². The summed E-state index contributed by atoms with van der Waals surface area (Å²) >= 11 is 0. The molecule has 0 radical (unpaired) electrons. The van der Waals surface area contributed by atoms with Crippen LogP contribution in [0.25, 0.3) is 6.08 Å². The van der Waals surface area contributed by atoms with E-state index in [0.717, 1.165) is 18.4 Å². The highest BCUT2D eigenvalue weighted by atomic mass is 16.7. The fourth-order valence-electron chi connectivity index (χ4n) is 7.41. The molecule has 0 spiro atoms. The number of guanidine groups is 1. The zero-order valence-corrected chi connectivity index (χ0v) is 27.3. The monoisotopic (exact) mass is 625 g/mol. The van der Waals surface area contributed by atoms with E-state index in [-0.39, 0.29) is 54.0 Å². The van der Waals surface area contributed by atoms with E-state index in [1.54, 1.807) is 13.2 Å². The summed E-state index contributed by atoms with van der Waals surface area (Å²) in [6, 6.07) is 7.35. The molecule has 1 aliphatic heterocycles. The molecule has 4 aliphatic rings. The van der Waals surface area contributed by atoms with Gasteiger partial charge in [0.25, 0.3) is 5.96 Å². The van der Waals surface area contributed by atoms with Crippen molar-refractivity contribution in [3.8, 4) is 5.75 Å². The van der Waals surface area contributed by atoms with Crippen LogP contribution < -0.4 is 21.2 Å². The fourth-order valence-corrected chi connectivity index (χ4v) is 7.41. The molecule has 3 saturated carbocycles. The van der Waals surface area contributed by atoms with Gasteiger partial charge in [0.05, 0.1) is 24.8 Å². The van der Waals surface area contributed by atoms with Crippen molar-refractivity contribution in [2.75, 3.05) is 13.7 Å². The first kappa shape index (κ1) is 34.4. The van der Waals surface area contributed by atoms with Gasteiger partial charge in [0.1, 0.15) is 5.75 Å². The Kier molecular flexibility index (Phi) is 11.0. The lowest BCUT2D eigenvalue weighted by atomic mass is 9.43. The van der Waals surface area contributed by atoms with Gasteiger partial charge >= 0.3 is 7.12 Å². The Morgan fingerprint density at radius 1 is 1.27 bits per heavy atom. The zero-order chi connectivity index (χ0) is 32.9. The number of amides is 1. The van der Waals surface area contributed by atoms with E-state index in [1.807, 2.05) is 29.7 Å². The highest BCUT2D eigenvalue weighted by Gasteiger charge is 2.68. The predicted octanol–water partition coefficient (Wildman–Crippen LogP) is 3.96. The van der Waals surface area contributed by atoms with Crippen LogP contribution >= 0.6 is 0 Å². The van der Waals surface area contributed by atoms with Gasteiger partial charge in [-0.3, -0.25) is 9.59 Å². The summed E-state index contributed by atoms with van der Waals surface area (Å²) in [7, 11) is 0.983. The second-order valence-electron chi connectivity index (χ2n) is 13.8. The number of carbonyl (C=O) groups is 2. The number of rotatable bonds is 15. The third-order valence-electron chi connectivity index (χ3n) is 9.96. The number of nitro groups is 1. The second-order valence-corrected chi connectivity index (χ2v) is 13.8. The van der Waals surface area contributed by atoms with Crippen molar-refractivity contribution >= 4 is 30.8 Å². The Bertz CT molecular complexity index is 1300. The maximum atomic E-state index is 13.9. The van der Waals surface area contributed by atoms with Crippen molar-refractivity contribution in [3.05, 3.63) is 46.0 Å². The number of ether oxygens (including phenoxy) is 1. The smallest absolute Gasteiger partial charge is 0.481 e. The summed E-state index contributed by atoms with van der Waals surface area (Å²) in [5, 5.41) is 13.0. The average molecular weight is 626 g/mol. The van der Waals surface area contributed by atoms with Gasteiger partial charge in [-0.1, -0.05) is 51.3 Å². The highest BCUT2D eigenvalue weighted by Crippen LogP contribution is 2.65. The van der Waals surface area contributed by atoms with Gasteiger partial charge in [0.2, 0.25) is 5.91 Å². The molecule has 246 valence electrons. The largest absolute Gasteiger partial charge is 0.496 e. The standard InChI is InChI=1S/C32H48BN5O7/c1-20(2)16-28(33-44-27-19-23-18-26(31(23,3)4)32(27,5)45-33)36-29(40)22(11-9-15-35-30(34)37-38(41)42)17-24(39)14-13-21-10-7-8-12-25(21)43-6/h7-8,10,12-14,20,22-23,26-28H,9,11,15-19H2,1-6H3,(H,36,40)(H3,34,35,37)/b14-13+/t22-,23+,26+,27-,28+,32+/m1/s1. The van der Waals surface area contributed by atoms with E-state index in [2.05, 4.69) is 44.9 Å². The van der Waals surface area contributed by atoms with Gasteiger partial charge < -0.3 is 25.1 Å². The molecule has 4 N–H and O–H groups in total. The quantitative estimate of drug-likeness (QED) is 0.0497. The molecule has 4 fully saturated rings. The molecule has 2 bridgehead atoms. The molecule has 1 heterocycles. The molecule has 1 aromatic rings. The molecule has 0 aromatic heterocycles. The van der Waals surface area contributed by atoms with Crippen molar-refractivity contribution in [1.29, 1.82) is 0 Å². The number of aliphatic imine (C=N–C) groups is 1. The van der Waals surface area contributed by atoms with Crippen molar-refractivity contribution in [2.45, 2.75) is 90.8 Å². The average Bonchev–Trinajstić information content (AvgIpc) is 3.34. The molecule has 0 unspecified atom stereocenters. The number of methoxy groups -OCH3 is 1. The number of benzene rings is 1. The van der Waals surface area contributed by atoms with Crippen LogP contribution in [-0.2, 0) is 18.9 Å². The van der Waals surface area contributed by atoms with Crippen LogP contribution in [0.1, 0.15) is 78.7 Å². The summed E-state index contributed by atoms with van der Waals surface area (Å²) in [6.07, 6.45) is 6.56. The van der Waals surface area contributed by atoms with Gasteiger partial charge in [0, 0.05) is 24.4 Å². The summed E-state index contributed by atoms with van der Waals surface area (Å²) in [4.78, 5) is 41.6. The second kappa shape index (κ2) is 14.3. The van der Waals surface area contributed by atoms with Crippen molar-refractivity contribution in [2.24, 2.45) is 39.8 Å². The summed E-state index contributed by atoms with van der Waals surface area (Å²) in [6.45, 7) is 11.1. The number of hydrogen-bond donors (Lipinski definition) is 3. The minimum absolute atomic E-state index is 0.0144. The van der Waals surface area contributed by atoms with Crippen LogP contribution in [-0.4, -0.2) is 61.1 Å². The molecule has 1 saturated heterocycles. The summed E-state index contributed by atoms with van der Waals surface area (Å²) < 4.78 is 18.6. The Hall–Kier alpha value is -3.45. The molecule has 45 heavy (non-hydrogen) atoms. The molecular formula is C32H48BN5O7. The summed E-state index contributed by atoms with van der Waals surface area (Å²) in [5.41, 5.74) is 7.89. The molecule has 3 aliphatic carbocycles. The van der Waals surface area contributed by atoms with E-state index in [0.29, 0.717) is 36.8 Å². The first-order valence-corrected chi connectivity index (χ1v) is 15.9. The van der Waals surface area contributed by atoms with Crippen LogP contribution in [0.5, 0.6) is 5.75 Å². The zero-order valence-electron chi connectivity index (χ0n) is 27.3. The normalized spacial score (nSPS) is 26.6. The minimum atomic E-state index is -0.787. The van der Waals surface area contributed by atoms with Crippen molar-refractivity contribution < 1.29 is 28.7 Å². The van der Waals surface area contributed by atoms with Gasteiger partial charge in [0.15, 0.2) is 10.8 Å². The van der Waals surface area contributed by atoms with Crippen LogP contribution in [0.3, 0.4) is 0 Å². The van der Waals surface area contributed by atoms with Crippen LogP contribution in [0.4, 0.5) is 0 Å². The third-order valence-corrected chi connectivity index (χ3v) is 9.96. The molecule has 1 aromatic carbocycles. The lowest BCUT2D eigenvalue weighted by molar-refractivity contribution is -0.525. The molecule has 13 heteroatoms. The molecular weight excluding hydrogens is 577 g/mol.